The number of amides is 2. The Morgan fingerprint density at radius 2 is 1.81 bits per heavy atom. The Kier molecular flexibility index (Phi) is 4.94. The summed E-state index contributed by atoms with van der Waals surface area (Å²) in [6.07, 6.45) is 1.66. The summed E-state index contributed by atoms with van der Waals surface area (Å²) in [7, 11) is 0. The number of rotatable bonds is 3. The number of hydrogen-bond donors (Lipinski definition) is 1. The maximum Gasteiger partial charge on any atom is 0.264 e. The molecule has 5 heteroatoms. The Balaban J connectivity index is 1.49. The lowest BCUT2D eigenvalue weighted by molar-refractivity contribution is -0.121. The van der Waals surface area contributed by atoms with Crippen LogP contribution in [0.3, 0.4) is 0 Å². The molecule has 2 amide bonds. The largest absolute Gasteiger partial charge is 0.337 e. The van der Waals surface area contributed by atoms with Crippen molar-refractivity contribution < 1.29 is 9.59 Å². The highest BCUT2D eigenvalue weighted by atomic mass is 32.1. The van der Waals surface area contributed by atoms with Crippen molar-refractivity contribution in [1.82, 2.24) is 4.90 Å². The maximum absolute atomic E-state index is 13.1. The molecule has 138 valence electrons. The molecule has 27 heavy (non-hydrogen) atoms. The standard InChI is InChI=1S/C22H22N2O2S/c1-15-18-11-5-6-12-19(18)27-20(15)22(26)24-13-7-8-16(14-24)21(25)23-17-9-3-2-4-10-17/h2-6,9-12,16H,7-8,13-14H2,1H3,(H,23,25). The zero-order valence-electron chi connectivity index (χ0n) is 15.3. The van der Waals surface area contributed by atoms with Crippen LogP contribution in [0.4, 0.5) is 5.69 Å². The summed E-state index contributed by atoms with van der Waals surface area (Å²) < 4.78 is 1.13. The van der Waals surface area contributed by atoms with E-state index >= 15 is 0 Å². The average Bonchev–Trinajstić information content (AvgIpc) is 3.05. The number of para-hydroxylation sites is 1. The molecule has 1 fully saturated rings. The summed E-state index contributed by atoms with van der Waals surface area (Å²) >= 11 is 1.55. The van der Waals surface area contributed by atoms with Crippen LogP contribution < -0.4 is 5.32 Å². The van der Waals surface area contributed by atoms with E-state index < -0.39 is 0 Å². The fraction of sp³-hybridized carbons (Fsp3) is 0.273. The number of fused-ring (bicyclic) bond motifs is 1. The molecule has 1 aromatic heterocycles. The minimum absolute atomic E-state index is 0.00763. The number of piperidine rings is 1. The molecule has 4 nitrogen and oxygen atoms in total. The molecule has 1 aliphatic heterocycles. The molecule has 0 bridgehead atoms. The van der Waals surface area contributed by atoms with Crippen molar-refractivity contribution >= 4 is 38.9 Å². The Bertz CT molecular complexity index is 980. The van der Waals surface area contributed by atoms with Crippen LogP contribution in [-0.2, 0) is 4.79 Å². The number of nitrogens with zero attached hydrogens (tertiary/aromatic N) is 1. The van der Waals surface area contributed by atoms with Crippen LogP contribution in [0, 0.1) is 12.8 Å². The number of benzene rings is 2. The normalized spacial score (nSPS) is 17.1. The molecular formula is C22H22N2O2S. The number of likely N-dealkylation sites (tertiary alicyclic amines) is 1. The fourth-order valence-corrected chi connectivity index (χ4v) is 4.84. The fourth-order valence-electron chi connectivity index (χ4n) is 3.66. The van der Waals surface area contributed by atoms with Crippen LogP contribution in [-0.4, -0.2) is 29.8 Å². The first kappa shape index (κ1) is 17.7. The molecule has 1 atom stereocenters. The van der Waals surface area contributed by atoms with E-state index in [4.69, 9.17) is 0 Å². The van der Waals surface area contributed by atoms with Crippen LogP contribution in [0.2, 0.25) is 0 Å². The highest BCUT2D eigenvalue weighted by molar-refractivity contribution is 7.21. The second kappa shape index (κ2) is 7.53. The van der Waals surface area contributed by atoms with Crippen LogP contribution in [0.25, 0.3) is 10.1 Å². The van der Waals surface area contributed by atoms with Gasteiger partial charge in [-0.15, -0.1) is 11.3 Å². The minimum Gasteiger partial charge on any atom is -0.337 e. The lowest BCUT2D eigenvalue weighted by atomic mass is 9.96. The molecule has 1 saturated heterocycles. The van der Waals surface area contributed by atoms with E-state index in [1.165, 1.54) is 0 Å². The van der Waals surface area contributed by atoms with Gasteiger partial charge in [-0.1, -0.05) is 36.4 Å². The van der Waals surface area contributed by atoms with Crippen LogP contribution in [0.15, 0.2) is 54.6 Å². The van der Waals surface area contributed by atoms with Crippen molar-refractivity contribution in [2.24, 2.45) is 5.92 Å². The average molecular weight is 378 g/mol. The SMILES string of the molecule is Cc1c(C(=O)N2CCCC(C(=O)Nc3ccccc3)C2)sc2ccccc12. The lowest BCUT2D eigenvalue weighted by Crippen LogP contribution is -2.43. The van der Waals surface area contributed by atoms with Crippen molar-refractivity contribution in [2.75, 3.05) is 18.4 Å². The second-order valence-corrected chi connectivity index (χ2v) is 8.05. The van der Waals surface area contributed by atoms with Crippen molar-refractivity contribution in [3.8, 4) is 0 Å². The van der Waals surface area contributed by atoms with Crippen LogP contribution in [0.1, 0.15) is 28.1 Å². The predicted octanol–water partition coefficient (Wildman–Crippen LogP) is 4.70. The molecule has 1 aliphatic rings. The van der Waals surface area contributed by atoms with E-state index in [1.54, 1.807) is 11.3 Å². The summed E-state index contributed by atoms with van der Waals surface area (Å²) in [6.45, 7) is 3.20. The highest BCUT2D eigenvalue weighted by Gasteiger charge is 2.30. The molecule has 0 radical (unpaired) electrons. The Morgan fingerprint density at radius 1 is 1.07 bits per heavy atom. The number of hydrogen-bond acceptors (Lipinski definition) is 3. The Labute approximate surface area is 162 Å². The van der Waals surface area contributed by atoms with E-state index in [0.717, 1.165) is 39.1 Å². The molecule has 0 saturated carbocycles. The molecule has 1 unspecified atom stereocenters. The molecule has 3 aromatic rings. The van der Waals surface area contributed by atoms with Crippen LogP contribution in [0.5, 0.6) is 0 Å². The molecular weight excluding hydrogens is 356 g/mol. The van der Waals surface area contributed by atoms with Gasteiger partial charge in [0.2, 0.25) is 5.91 Å². The van der Waals surface area contributed by atoms with E-state index in [9.17, 15) is 9.59 Å². The first-order valence-electron chi connectivity index (χ1n) is 9.27. The maximum atomic E-state index is 13.1. The highest BCUT2D eigenvalue weighted by Crippen LogP contribution is 2.32. The number of aryl methyl sites for hydroxylation is 1. The van der Waals surface area contributed by atoms with Gasteiger partial charge in [0, 0.05) is 23.5 Å². The van der Waals surface area contributed by atoms with Crippen molar-refractivity contribution in [2.45, 2.75) is 19.8 Å². The van der Waals surface area contributed by atoms with Gasteiger partial charge in [-0.3, -0.25) is 9.59 Å². The topological polar surface area (TPSA) is 49.4 Å². The van der Waals surface area contributed by atoms with Gasteiger partial charge in [-0.2, -0.15) is 0 Å². The van der Waals surface area contributed by atoms with Gasteiger partial charge in [0.25, 0.3) is 5.91 Å². The molecule has 4 rings (SSSR count). The van der Waals surface area contributed by atoms with Gasteiger partial charge in [0.15, 0.2) is 0 Å². The second-order valence-electron chi connectivity index (χ2n) is 7.00. The summed E-state index contributed by atoms with van der Waals surface area (Å²) in [4.78, 5) is 28.4. The number of carbonyl (C=O) groups is 2. The summed E-state index contributed by atoms with van der Waals surface area (Å²) in [5, 5.41) is 4.11. The Hall–Kier alpha value is -2.66. The van der Waals surface area contributed by atoms with Gasteiger partial charge in [-0.05, 0) is 48.9 Å². The van der Waals surface area contributed by atoms with E-state index in [-0.39, 0.29) is 17.7 Å². The zero-order valence-corrected chi connectivity index (χ0v) is 16.1. The number of nitrogens with one attached hydrogen (secondary N) is 1. The molecule has 2 aromatic carbocycles. The third-order valence-electron chi connectivity index (χ3n) is 5.16. The summed E-state index contributed by atoms with van der Waals surface area (Å²) in [5.74, 6) is -0.129. The van der Waals surface area contributed by atoms with Gasteiger partial charge in [0.1, 0.15) is 0 Å². The van der Waals surface area contributed by atoms with Crippen LogP contribution >= 0.6 is 11.3 Å². The molecule has 0 spiro atoms. The molecule has 2 heterocycles. The van der Waals surface area contributed by atoms with E-state index in [2.05, 4.69) is 17.4 Å². The van der Waals surface area contributed by atoms with Crippen molar-refractivity contribution in [3.63, 3.8) is 0 Å². The lowest BCUT2D eigenvalue weighted by Gasteiger charge is -2.32. The first-order valence-corrected chi connectivity index (χ1v) is 10.1. The van der Waals surface area contributed by atoms with E-state index in [1.807, 2.05) is 54.3 Å². The van der Waals surface area contributed by atoms with Gasteiger partial charge < -0.3 is 10.2 Å². The molecule has 0 aliphatic carbocycles. The molecule has 1 N–H and O–H groups in total. The van der Waals surface area contributed by atoms with Gasteiger partial charge in [-0.25, -0.2) is 0 Å². The monoisotopic (exact) mass is 378 g/mol. The third kappa shape index (κ3) is 3.60. The van der Waals surface area contributed by atoms with E-state index in [0.29, 0.717) is 13.1 Å². The van der Waals surface area contributed by atoms with Crippen molar-refractivity contribution in [1.29, 1.82) is 0 Å². The minimum atomic E-state index is -0.169. The quantitative estimate of drug-likeness (QED) is 0.718. The van der Waals surface area contributed by atoms with Gasteiger partial charge >= 0.3 is 0 Å². The number of thiophene rings is 1. The van der Waals surface area contributed by atoms with Gasteiger partial charge in [0.05, 0.1) is 10.8 Å². The third-order valence-corrected chi connectivity index (χ3v) is 6.42. The Morgan fingerprint density at radius 3 is 2.59 bits per heavy atom. The number of anilines is 1. The zero-order chi connectivity index (χ0) is 18.8. The summed E-state index contributed by atoms with van der Waals surface area (Å²) in [5.41, 5.74) is 1.84. The smallest absolute Gasteiger partial charge is 0.264 e. The first-order chi connectivity index (χ1) is 13.1. The summed E-state index contributed by atoms with van der Waals surface area (Å²) in [6, 6.07) is 17.6. The predicted molar refractivity (Wildman–Crippen MR) is 110 cm³/mol. The van der Waals surface area contributed by atoms with Crippen molar-refractivity contribution in [3.05, 3.63) is 65.0 Å². The number of carbonyl (C=O) groups excluding carboxylic acids is 2.